The van der Waals surface area contributed by atoms with Gasteiger partial charge in [-0.25, -0.2) is 8.42 Å². The van der Waals surface area contributed by atoms with Crippen LogP contribution < -0.4 is 0 Å². The van der Waals surface area contributed by atoms with Crippen molar-refractivity contribution in [2.75, 3.05) is 37.7 Å². The number of sulfone groups is 1. The first-order valence-electron chi connectivity index (χ1n) is 4.56. The highest BCUT2D eigenvalue weighted by molar-refractivity contribution is 7.91. The largest absolute Gasteiger partial charge is 0.465 e. The van der Waals surface area contributed by atoms with Gasteiger partial charge in [-0.2, -0.15) is 0 Å². The molecule has 5 nitrogen and oxygen atoms in total. The van der Waals surface area contributed by atoms with Crippen molar-refractivity contribution >= 4 is 15.8 Å². The standard InChI is InChI=1S/C8H15NO4S/c1-8(10)13-5-2-9-3-6-14(11,12)7-4-9/h2-7H2,1H3. The first-order chi connectivity index (χ1) is 6.49. The minimum Gasteiger partial charge on any atom is -0.465 e. The van der Waals surface area contributed by atoms with Gasteiger partial charge in [-0.05, 0) is 0 Å². The number of hydrogen-bond donors (Lipinski definition) is 0. The number of carbonyl (C=O) groups is 1. The summed E-state index contributed by atoms with van der Waals surface area (Å²) in [7, 11) is -2.81. The second-order valence-electron chi connectivity index (χ2n) is 3.33. The Kier molecular flexibility index (Phi) is 3.88. The Labute approximate surface area is 83.9 Å². The van der Waals surface area contributed by atoms with E-state index in [2.05, 4.69) is 0 Å². The Hall–Kier alpha value is -0.620. The minimum absolute atomic E-state index is 0.215. The molecule has 0 unspecified atom stereocenters. The van der Waals surface area contributed by atoms with E-state index in [1.165, 1.54) is 6.92 Å². The molecule has 0 radical (unpaired) electrons. The summed E-state index contributed by atoms with van der Waals surface area (Å²) in [5.74, 6) is 0.134. The average Bonchev–Trinajstić information content (AvgIpc) is 2.07. The lowest BCUT2D eigenvalue weighted by Crippen LogP contribution is -2.41. The second-order valence-corrected chi connectivity index (χ2v) is 5.64. The molecule has 1 fully saturated rings. The van der Waals surface area contributed by atoms with Gasteiger partial charge in [0.2, 0.25) is 0 Å². The first-order valence-corrected chi connectivity index (χ1v) is 6.38. The summed E-state index contributed by atoms with van der Waals surface area (Å²) in [5, 5.41) is 0. The zero-order valence-corrected chi connectivity index (χ0v) is 9.05. The van der Waals surface area contributed by atoms with E-state index in [0.717, 1.165) is 0 Å². The Bertz CT molecular complexity index is 284. The number of hydrogen-bond acceptors (Lipinski definition) is 5. The van der Waals surface area contributed by atoms with E-state index in [4.69, 9.17) is 4.74 Å². The van der Waals surface area contributed by atoms with E-state index in [0.29, 0.717) is 26.2 Å². The van der Waals surface area contributed by atoms with E-state index in [-0.39, 0.29) is 17.5 Å². The van der Waals surface area contributed by atoms with Gasteiger partial charge in [-0.3, -0.25) is 9.69 Å². The number of nitrogens with zero attached hydrogens (tertiary/aromatic N) is 1. The lowest BCUT2D eigenvalue weighted by atomic mass is 10.5. The Balaban J connectivity index is 2.19. The van der Waals surface area contributed by atoms with Gasteiger partial charge >= 0.3 is 5.97 Å². The van der Waals surface area contributed by atoms with Gasteiger partial charge in [0.05, 0.1) is 11.5 Å². The summed E-state index contributed by atoms with van der Waals surface area (Å²) in [6, 6.07) is 0. The number of carbonyl (C=O) groups excluding carboxylic acids is 1. The van der Waals surface area contributed by atoms with Gasteiger partial charge in [-0.1, -0.05) is 0 Å². The van der Waals surface area contributed by atoms with Crippen LogP contribution in [0.1, 0.15) is 6.92 Å². The van der Waals surface area contributed by atoms with E-state index in [1.807, 2.05) is 4.90 Å². The molecule has 1 aliphatic rings. The molecule has 0 atom stereocenters. The van der Waals surface area contributed by atoms with Crippen molar-refractivity contribution in [3.63, 3.8) is 0 Å². The Morgan fingerprint density at radius 3 is 2.43 bits per heavy atom. The minimum atomic E-state index is -2.81. The summed E-state index contributed by atoms with van der Waals surface area (Å²) in [4.78, 5) is 12.4. The van der Waals surface area contributed by atoms with Gasteiger partial charge in [0, 0.05) is 26.6 Å². The maximum absolute atomic E-state index is 11.1. The number of esters is 1. The van der Waals surface area contributed by atoms with Crippen LogP contribution >= 0.6 is 0 Å². The van der Waals surface area contributed by atoms with Crippen LogP contribution in [0.25, 0.3) is 0 Å². The Morgan fingerprint density at radius 2 is 1.93 bits per heavy atom. The first kappa shape index (κ1) is 11.5. The van der Waals surface area contributed by atoms with Crippen LogP contribution in [0, 0.1) is 0 Å². The molecule has 0 N–H and O–H groups in total. The fourth-order valence-electron chi connectivity index (χ4n) is 1.29. The predicted molar refractivity (Wildman–Crippen MR) is 51.7 cm³/mol. The molecule has 82 valence electrons. The van der Waals surface area contributed by atoms with Crippen LogP contribution in [0.5, 0.6) is 0 Å². The smallest absolute Gasteiger partial charge is 0.302 e. The van der Waals surface area contributed by atoms with Crippen molar-refractivity contribution in [3.05, 3.63) is 0 Å². The van der Waals surface area contributed by atoms with Crippen molar-refractivity contribution in [1.82, 2.24) is 4.90 Å². The molecular formula is C8H15NO4S. The van der Waals surface area contributed by atoms with Crippen LogP contribution in [0.15, 0.2) is 0 Å². The van der Waals surface area contributed by atoms with Crippen LogP contribution in [-0.4, -0.2) is 57.0 Å². The molecule has 14 heavy (non-hydrogen) atoms. The van der Waals surface area contributed by atoms with Crippen molar-refractivity contribution in [3.8, 4) is 0 Å². The lowest BCUT2D eigenvalue weighted by Gasteiger charge is -2.25. The summed E-state index contributed by atoms with van der Waals surface area (Å²) < 4.78 is 26.9. The maximum Gasteiger partial charge on any atom is 0.302 e. The van der Waals surface area contributed by atoms with Crippen LogP contribution in [0.4, 0.5) is 0 Å². The molecule has 0 saturated carbocycles. The maximum atomic E-state index is 11.1. The fourth-order valence-corrected chi connectivity index (χ4v) is 2.57. The number of ether oxygens (including phenoxy) is 1. The molecular weight excluding hydrogens is 206 g/mol. The molecule has 0 amide bonds. The van der Waals surface area contributed by atoms with Gasteiger partial charge in [-0.15, -0.1) is 0 Å². The SMILES string of the molecule is CC(=O)OCCN1CCS(=O)(=O)CC1. The normalized spacial score (nSPS) is 21.8. The molecule has 0 aromatic heterocycles. The van der Waals surface area contributed by atoms with Gasteiger partial charge < -0.3 is 4.74 Å². The van der Waals surface area contributed by atoms with E-state index >= 15 is 0 Å². The number of rotatable bonds is 3. The van der Waals surface area contributed by atoms with Gasteiger partial charge in [0.1, 0.15) is 6.61 Å². The second kappa shape index (κ2) is 4.75. The quantitative estimate of drug-likeness (QED) is 0.588. The monoisotopic (exact) mass is 221 g/mol. The molecule has 1 saturated heterocycles. The average molecular weight is 221 g/mol. The third-order valence-electron chi connectivity index (χ3n) is 2.15. The molecule has 0 aromatic rings. The van der Waals surface area contributed by atoms with Crippen molar-refractivity contribution in [2.45, 2.75) is 6.92 Å². The molecule has 0 aromatic carbocycles. The molecule has 1 heterocycles. The van der Waals surface area contributed by atoms with Crippen molar-refractivity contribution in [2.24, 2.45) is 0 Å². The zero-order chi connectivity index (χ0) is 10.6. The van der Waals surface area contributed by atoms with Gasteiger partial charge in [0.25, 0.3) is 0 Å². The van der Waals surface area contributed by atoms with Gasteiger partial charge in [0.15, 0.2) is 9.84 Å². The lowest BCUT2D eigenvalue weighted by molar-refractivity contribution is -0.141. The highest BCUT2D eigenvalue weighted by Crippen LogP contribution is 2.02. The van der Waals surface area contributed by atoms with E-state index in [9.17, 15) is 13.2 Å². The van der Waals surface area contributed by atoms with Crippen molar-refractivity contribution in [1.29, 1.82) is 0 Å². The summed E-state index contributed by atoms with van der Waals surface area (Å²) in [5.41, 5.74) is 0. The molecule has 0 bridgehead atoms. The fraction of sp³-hybridized carbons (Fsp3) is 0.875. The molecule has 6 heteroatoms. The van der Waals surface area contributed by atoms with Crippen LogP contribution in [0.3, 0.4) is 0 Å². The molecule has 1 rings (SSSR count). The van der Waals surface area contributed by atoms with E-state index in [1.54, 1.807) is 0 Å². The summed E-state index contributed by atoms with van der Waals surface area (Å²) in [6.07, 6.45) is 0. The molecule has 1 aliphatic heterocycles. The summed E-state index contributed by atoms with van der Waals surface area (Å²) >= 11 is 0. The van der Waals surface area contributed by atoms with E-state index < -0.39 is 9.84 Å². The highest BCUT2D eigenvalue weighted by Gasteiger charge is 2.20. The van der Waals surface area contributed by atoms with Crippen LogP contribution in [0.2, 0.25) is 0 Å². The molecule has 0 spiro atoms. The van der Waals surface area contributed by atoms with Crippen LogP contribution in [-0.2, 0) is 19.4 Å². The van der Waals surface area contributed by atoms with Crippen molar-refractivity contribution < 1.29 is 17.9 Å². The topological polar surface area (TPSA) is 63.7 Å². The third-order valence-corrected chi connectivity index (χ3v) is 3.76. The third kappa shape index (κ3) is 4.06. The zero-order valence-electron chi connectivity index (χ0n) is 8.23. The highest BCUT2D eigenvalue weighted by atomic mass is 32.2. The summed E-state index contributed by atoms with van der Waals surface area (Å²) in [6.45, 7) is 3.42. The molecule has 0 aliphatic carbocycles. The Morgan fingerprint density at radius 1 is 1.36 bits per heavy atom. The predicted octanol–water partition coefficient (Wildman–Crippen LogP) is -0.720.